The van der Waals surface area contributed by atoms with E-state index in [0.29, 0.717) is 0 Å². The molecule has 134 valence electrons. The third-order valence-corrected chi connectivity index (χ3v) is 10.9. The van der Waals surface area contributed by atoms with Crippen molar-refractivity contribution in [1.82, 2.24) is 0 Å². The Labute approximate surface area is 161 Å². The van der Waals surface area contributed by atoms with Gasteiger partial charge in [0.2, 0.25) is 0 Å². The predicted octanol–water partition coefficient (Wildman–Crippen LogP) is 6.08. The van der Waals surface area contributed by atoms with Crippen LogP contribution in [0.3, 0.4) is 0 Å². The third kappa shape index (κ3) is 5.67. The van der Waals surface area contributed by atoms with Crippen LogP contribution >= 0.6 is 0 Å². The van der Waals surface area contributed by atoms with Crippen LogP contribution in [0.2, 0.25) is 0 Å². The fourth-order valence-electron chi connectivity index (χ4n) is 3.56. The molecule has 26 heavy (non-hydrogen) atoms. The van der Waals surface area contributed by atoms with Crippen molar-refractivity contribution in [3.05, 3.63) is 108 Å². The number of rotatable bonds is 9. The zero-order chi connectivity index (χ0) is 18.1. The van der Waals surface area contributed by atoms with Crippen molar-refractivity contribution in [2.45, 2.75) is 27.5 Å². The molecule has 0 aromatic heterocycles. The molecule has 3 rings (SSSR count). The first kappa shape index (κ1) is 19.1. The summed E-state index contributed by atoms with van der Waals surface area (Å²) in [7, 11) is 0. The van der Waals surface area contributed by atoms with Gasteiger partial charge in [0.05, 0.1) is 0 Å². The van der Waals surface area contributed by atoms with Gasteiger partial charge in [-0.25, -0.2) is 0 Å². The standard InChI is InChI=1S/3C7H7.C3H7O.Ti/c3*1-7-5-3-2-4-6-7;1-2-3-4;/h3*2-6H,1H2;2-3H2,1H3;/q;;;-1;+1. The molecule has 3 aromatic carbocycles. The van der Waals surface area contributed by atoms with Crippen LogP contribution in [-0.2, 0) is 34.5 Å². The van der Waals surface area contributed by atoms with E-state index in [4.69, 9.17) is 3.32 Å². The topological polar surface area (TPSA) is 9.23 Å². The summed E-state index contributed by atoms with van der Waals surface area (Å²) in [6, 6.07) is 32.7. The third-order valence-electron chi connectivity index (χ3n) is 4.72. The molecule has 0 N–H and O–H groups in total. The van der Waals surface area contributed by atoms with E-state index < -0.39 is 17.0 Å². The Bertz CT molecular complexity index is 655. The summed E-state index contributed by atoms with van der Waals surface area (Å²) in [6.45, 7) is 3.08. The fraction of sp³-hybridized carbons (Fsp3) is 0.250. The van der Waals surface area contributed by atoms with Gasteiger partial charge in [0, 0.05) is 0 Å². The van der Waals surface area contributed by atoms with Crippen molar-refractivity contribution in [1.29, 1.82) is 0 Å². The number of benzene rings is 3. The molecule has 1 nitrogen and oxygen atoms in total. The van der Waals surface area contributed by atoms with E-state index in [0.717, 1.165) is 27.2 Å². The zero-order valence-electron chi connectivity index (χ0n) is 15.6. The fourth-order valence-corrected chi connectivity index (χ4v) is 10.2. The first-order chi connectivity index (χ1) is 12.8. The summed E-state index contributed by atoms with van der Waals surface area (Å²) in [4.78, 5) is 0. The van der Waals surface area contributed by atoms with E-state index in [2.05, 4.69) is 97.9 Å². The Morgan fingerprint density at radius 1 is 0.577 bits per heavy atom. The Morgan fingerprint density at radius 3 is 1.23 bits per heavy atom. The maximum atomic E-state index is 6.78. The van der Waals surface area contributed by atoms with Crippen molar-refractivity contribution < 1.29 is 20.3 Å². The summed E-state index contributed by atoms with van der Waals surface area (Å²) >= 11 is -2.67. The van der Waals surface area contributed by atoms with Crippen LogP contribution in [0.5, 0.6) is 0 Å². The second kappa shape index (κ2) is 9.87. The Hall–Kier alpha value is -1.67. The monoisotopic (exact) mass is 380 g/mol. The Morgan fingerprint density at radius 2 is 0.923 bits per heavy atom. The molecule has 0 aliphatic heterocycles. The number of hydrogen-bond acceptors (Lipinski definition) is 1. The summed E-state index contributed by atoms with van der Waals surface area (Å²) < 4.78 is 10.1. The quantitative estimate of drug-likeness (QED) is 0.409. The van der Waals surface area contributed by atoms with Gasteiger partial charge in [-0.05, 0) is 0 Å². The van der Waals surface area contributed by atoms with Gasteiger partial charge in [-0.3, -0.25) is 0 Å². The predicted molar refractivity (Wildman–Crippen MR) is 107 cm³/mol. The van der Waals surface area contributed by atoms with E-state index in [1.807, 2.05) is 0 Å². The van der Waals surface area contributed by atoms with E-state index in [1.54, 1.807) is 0 Å². The molecule has 0 amide bonds. The van der Waals surface area contributed by atoms with E-state index >= 15 is 0 Å². The zero-order valence-corrected chi connectivity index (χ0v) is 17.2. The molecule has 0 bridgehead atoms. The molecule has 0 unspecified atom stereocenters. The summed E-state index contributed by atoms with van der Waals surface area (Å²) in [5.41, 5.74) is 4.24. The molecule has 0 aliphatic carbocycles. The van der Waals surface area contributed by atoms with Crippen molar-refractivity contribution in [2.24, 2.45) is 0 Å². The van der Waals surface area contributed by atoms with E-state index in [-0.39, 0.29) is 0 Å². The molecule has 0 heterocycles. The van der Waals surface area contributed by atoms with E-state index in [1.165, 1.54) is 16.7 Å². The van der Waals surface area contributed by atoms with Gasteiger partial charge in [-0.15, -0.1) is 0 Å². The summed E-state index contributed by atoms with van der Waals surface area (Å²) in [6.07, 6.45) is 1.07. The van der Waals surface area contributed by atoms with Crippen molar-refractivity contribution in [3.8, 4) is 0 Å². The van der Waals surface area contributed by atoms with Crippen LogP contribution in [0.1, 0.15) is 30.0 Å². The molecule has 0 saturated heterocycles. The average molecular weight is 380 g/mol. The van der Waals surface area contributed by atoms with Gasteiger partial charge in [-0.1, -0.05) is 0 Å². The molecule has 0 atom stereocenters. The van der Waals surface area contributed by atoms with Gasteiger partial charge in [0.15, 0.2) is 0 Å². The molecule has 0 saturated carbocycles. The van der Waals surface area contributed by atoms with Crippen LogP contribution in [-0.4, -0.2) is 6.61 Å². The normalized spacial score (nSPS) is 11.4. The van der Waals surface area contributed by atoms with E-state index in [9.17, 15) is 0 Å². The van der Waals surface area contributed by atoms with Crippen molar-refractivity contribution in [3.63, 3.8) is 0 Å². The molecule has 2 heteroatoms. The molecular formula is C24H28OTi. The van der Waals surface area contributed by atoms with Crippen LogP contribution in [0, 0.1) is 0 Å². The van der Waals surface area contributed by atoms with Crippen LogP contribution in [0.25, 0.3) is 0 Å². The Kier molecular flexibility index (Phi) is 7.26. The van der Waals surface area contributed by atoms with Crippen molar-refractivity contribution in [2.75, 3.05) is 6.61 Å². The molecule has 3 aromatic rings. The molecule has 0 fully saturated rings. The first-order valence-corrected chi connectivity index (χ1v) is 13.5. The summed E-state index contributed by atoms with van der Waals surface area (Å²) in [5, 5.41) is 0. The van der Waals surface area contributed by atoms with Gasteiger partial charge in [-0.2, -0.15) is 0 Å². The van der Waals surface area contributed by atoms with Crippen LogP contribution in [0.4, 0.5) is 0 Å². The molecule has 0 spiro atoms. The molecular weight excluding hydrogens is 352 g/mol. The van der Waals surface area contributed by atoms with Gasteiger partial charge >= 0.3 is 162 Å². The average Bonchev–Trinajstić information content (AvgIpc) is 2.69. The second-order valence-corrected chi connectivity index (χ2v) is 12.8. The van der Waals surface area contributed by atoms with Crippen LogP contribution < -0.4 is 0 Å². The maximum absolute atomic E-state index is 6.78. The second-order valence-electron chi connectivity index (χ2n) is 7.02. The molecule has 0 radical (unpaired) electrons. The minimum absolute atomic E-state index is 0.868. The number of hydrogen-bond donors (Lipinski definition) is 0. The summed E-state index contributed by atoms with van der Waals surface area (Å²) in [5.74, 6) is 0. The van der Waals surface area contributed by atoms with Crippen molar-refractivity contribution >= 4 is 0 Å². The Balaban J connectivity index is 1.94. The molecule has 0 aliphatic rings. The van der Waals surface area contributed by atoms with Crippen LogP contribution in [0.15, 0.2) is 91.0 Å². The first-order valence-electron chi connectivity index (χ1n) is 9.55. The van der Waals surface area contributed by atoms with Gasteiger partial charge in [0.1, 0.15) is 0 Å². The van der Waals surface area contributed by atoms with Gasteiger partial charge < -0.3 is 0 Å². The minimum atomic E-state index is -2.67. The van der Waals surface area contributed by atoms with Gasteiger partial charge in [0.25, 0.3) is 0 Å². The SMILES string of the molecule is CCC[O][Ti]([CH2]c1ccccc1)([CH2]c1ccccc1)[CH2]c1ccccc1.